The van der Waals surface area contributed by atoms with Crippen molar-refractivity contribution in [3.8, 4) is 0 Å². The normalized spacial score (nSPS) is 12.5. The van der Waals surface area contributed by atoms with Crippen molar-refractivity contribution in [1.29, 1.82) is 0 Å². The fraction of sp³-hybridized carbons (Fsp3) is 0.500. The Labute approximate surface area is 109 Å². The third-order valence-corrected chi connectivity index (χ3v) is 2.83. The van der Waals surface area contributed by atoms with Gasteiger partial charge in [-0.05, 0) is 31.6 Å². The van der Waals surface area contributed by atoms with Crippen LogP contribution >= 0.6 is 0 Å². The van der Waals surface area contributed by atoms with E-state index in [-0.39, 0.29) is 5.91 Å². The van der Waals surface area contributed by atoms with E-state index < -0.39 is 6.04 Å². The van der Waals surface area contributed by atoms with Crippen LogP contribution in [0.5, 0.6) is 0 Å². The molecule has 1 atom stereocenters. The molecule has 0 aliphatic carbocycles. The van der Waals surface area contributed by atoms with Gasteiger partial charge in [0.1, 0.15) is 0 Å². The minimum absolute atomic E-state index is 0.0860. The molecule has 0 spiro atoms. The lowest BCUT2D eigenvalue weighted by molar-refractivity contribution is -0.122. The van der Waals surface area contributed by atoms with Gasteiger partial charge in [-0.3, -0.25) is 4.79 Å². The molecule has 0 radical (unpaired) electrons. The lowest BCUT2D eigenvalue weighted by Gasteiger charge is -2.15. The molecule has 0 saturated carbocycles. The molecule has 4 nitrogen and oxygen atoms in total. The molecule has 1 aromatic rings. The summed E-state index contributed by atoms with van der Waals surface area (Å²) in [5.74, 6) is -0.0860. The highest BCUT2D eigenvalue weighted by Crippen LogP contribution is 2.10. The number of hydrogen-bond donors (Lipinski definition) is 2. The highest BCUT2D eigenvalue weighted by molar-refractivity contribution is 5.81. The van der Waals surface area contributed by atoms with Gasteiger partial charge in [-0.1, -0.05) is 31.2 Å². The molecular formula is C14H23N3O. The number of carbonyl (C=O) groups is 1. The maximum atomic E-state index is 11.6. The molecule has 0 aliphatic rings. The van der Waals surface area contributed by atoms with Crippen LogP contribution < -0.4 is 11.1 Å². The van der Waals surface area contributed by atoms with Crippen LogP contribution in [-0.2, 0) is 17.9 Å². The second-order valence-electron chi connectivity index (χ2n) is 4.74. The minimum Gasteiger partial charge on any atom is -0.351 e. The van der Waals surface area contributed by atoms with Gasteiger partial charge in [0.05, 0.1) is 6.04 Å². The summed E-state index contributed by atoms with van der Waals surface area (Å²) >= 11 is 0. The average molecular weight is 249 g/mol. The van der Waals surface area contributed by atoms with Crippen LogP contribution in [0.15, 0.2) is 24.3 Å². The lowest BCUT2D eigenvalue weighted by atomic mass is 10.1. The number of benzene rings is 1. The Hall–Kier alpha value is -1.39. The van der Waals surface area contributed by atoms with Gasteiger partial charge in [0.15, 0.2) is 0 Å². The van der Waals surface area contributed by atoms with E-state index in [1.165, 1.54) is 5.56 Å². The summed E-state index contributed by atoms with van der Waals surface area (Å²) in [5.41, 5.74) is 8.05. The molecule has 0 aromatic heterocycles. The first-order chi connectivity index (χ1) is 8.54. The van der Waals surface area contributed by atoms with E-state index >= 15 is 0 Å². The van der Waals surface area contributed by atoms with Crippen molar-refractivity contribution in [2.45, 2.75) is 32.5 Å². The van der Waals surface area contributed by atoms with Gasteiger partial charge in [-0.15, -0.1) is 0 Å². The molecular weight excluding hydrogens is 226 g/mol. The first kappa shape index (κ1) is 14.7. The molecule has 4 heteroatoms. The van der Waals surface area contributed by atoms with Gasteiger partial charge < -0.3 is 16.0 Å². The van der Waals surface area contributed by atoms with E-state index in [1.54, 1.807) is 0 Å². The number of nitrogens with zero attached hydrogens (tertiary/aromatic N) is 1. The molecule has 18 heavy (non-hydrogen) atoms. The summed E-state index contributed by atoms with van der Waals surface area (Å²) in [7, 11) is 4.06. The Morgan fingerprint density at radius 3 is 2.50 bits per heavy atom. The van der Waals surface area contributed by atoms with Crippen molar-refractivity contribution in [1.82, 2.24) is 10.2 Å². The van der Waals surface area contributed by atoms with Crippen LogP contribution in [0.4, 0.5) is 0 Å². The van der Waals surface area contributed by atoms with Crippen molar-refractivity contribution in [3.05, 3.63) is 35.4 Å². The molecule has 3 N–H and O–H groups in total. The average Bonchev–Trinajstić information content (AvgIpc) is 2.35. The van der Waals surface area contributed by atoms with Gasteiger partial charge in [0, 0.05) is 13.1 Å². The Kier molecular flexibility index (Phi) is 5.82. The molecule has 1 aromatic carbocycles. The van der Waals surface area contributed by atoms with E-state index in [4.69, 9.17) is 5.73 Å². The highest BCUT2D eigenvalue weighted by atomic mass is 16.2. The van der Waals surface area contributed by atoms with Gasteiger partial charge >= 0.3 is 0 Å². The van der Waals surface area contributed by atoms with E-state index in [2.05, 4.69) is 16.3 Å². The predicted octanol–water partition coefficient (Wildman–Crippen LogP) is 1.10. The van der Waals surface area contributed by atoms with Gasteiger partial charge in [-0.25, -0.2) is 0 Å². The SMILES string of the molecule is CC[C@H](N)C(=O)NCc1ccccc1CN(C)C. The second kappa shape index (κ2) is 7.13. The standard InChI is InChI=1S/C14H23N3O/c1-4-13(15)14(18)16-9-11-7-5-6-8-12(11)10-17(2)3/h5-8,13H,4,9-10,15H2,1-3H3,(H,16,18)/t13-/m0/s1. The molecule has 0 bridgehead atoms. The third-order valence-electron chi connectivity index (χ3n) is 2.83. The van der Waals surface area contributed by atoms with Crippen LogP contribution in [0.25, 0.3) is 0 Å². The molecule has 1 amide bonds. The Balaban J connectivity index is 2.64. The van der Waals surface area contributed by atoms with Crippen LogP contribution in [0.1, 0.15) is 24.5 Å². The number of nitrogens with two attached hydrogens (primary N) is 1. The van der Waals surface area contributed by atoms with Crippen molar-refractivity contribution < 1.29 is 4.79 Å². The molecule has 1 rings (SSSR count). The highest BCUT2D eigenvalue weighted by Gasteiger charge is 2.11. The first-order valence-corrected chi connectivity index (χ1v) is 6.29. The van der Waals surface area contributed by atoms with Crippen LogP contribution in [-0.4, -0.2) is 30.9 Å². The van der Waals surface area contributed by atoms with Crippen LogP contribution in [0.2, 0.25) is 0 Å². The maximum Gasteiger partial charge on any atom is 0.237 e. The van der Waals surface area contributed by atoms with Crippen molar-refractivity contribution in [3.63, 3.8) is 0 Å². The topological polar surface area (TPSA) is 58.4 Å². The van der Waals surface area contributed by atoms with E-state index in [0.29, 0.717) is 13.0 Å². The summed E-state index contributed by atoms with van der Waals surface area (Å²) in [6.07, 6.45) is 0.658. The number of nitrogens with one attached hydrogen (secondary N) is 1. The van der Waals surface area contributed by atoms with Crippen molar-refractivity contribution >= 4 is 5.91 Å². The summed E-state index contributed by atoms with van der Waals surface area (Å²) in [6, 6.07) is 7.71. The minimum atomic E-state index is -0.411. The van der Waals surface area contributed by atoms with Crippen LogP contribution in [0, 0.1) is 0 Å². The van der Waals surface area contributed by atoms with Gasteiger partial charge in [0.25, 0.3) is 0 Å². The molecule has 0 aliphatic heterocycles. The smallest absolute Gasteiger partial charge is 0.237 e. The maximum absolute atomic E-state index is 11.6. The Morgan fingerprint density at radius 1 is 1.33 bits per heavy atom. The summed E-state index contributed by atoms with van der Waals surface area (Å²) < 4.78 is 0. The number of rotatable bonds is 6. The molecule has 0 unspecified atom stereocenters. The Bertz CT molecular complexity index is 390. The van der Waals surface area contributed by atoms with Gasteiger partial charge in [0.2, 0.25) is 5.91 Å². The molecule has 0 saturated heterocycles. The summed E-state index contributed by atoms with van der Waals surface area (Å²) in [4.78, 5) is 13.7. The first-order valence-electron chi connectivity index (χ1n) is 6.29. The van der Waals surface area contributed by atoms with Crippen molar-refractivity contribution in [2.24, 2.45) is 5.73 Å². The van der Waals surface area contributed by atoms with E-state index in [1.807, 2.05) is 39.2 Å². The monoisotopic (exact) mass is 249 g/mol. The quantitative estimate of drug-likeness (QED) is 0.794. The molecule has 0 heterocycles. The predicted molar refractivity (Wildman–Crippen MR) is 73.9 cm³/mol. The number of amides is 1. The summed E-state index contributed by atoms with van der Waals surface area (Å²) in [5, 5.41) is 2.88. The van der Waals surface area contributed by atoms with Gasteiger partial charge in [-0.2, -0.15) is 0 Å². The summed E-state index contributed by atoms with van der Waals surface area (Å²) in [6.45, 7) is 3.31. The molecule has 0 fully saturated rings. The zero-order chi connectivity index (χ0) is 13.5. The zero-order valence-corrected chi connectivity index (χ0v) is 11.4. The fourth-order valence-electron chi connectivity index (χ4n) is 1.72. The van der Waals surface area contributed by atoms with Crippen LogP contribution in [0.3, 0.4) is 0 Å². The van der Waals surface area contributed by atoms with E-state index in [9.17, 15) is 4.79 Å². The van der Waals surface area contributed by atoms with Crippen molar-refractivity contribution in [2.75, 3.05) is 14.1 Å². The third kappa shape index (κ3) is 4.47. The number of hydrogen-bond acceptors (Lipinski definition) is 3. The largest absolute Gasteiger partial charge is 0.351 e. The molecule has 100 valence electrons. The fourth-order valence-corrected chi connectivity index (χ4v) is 1.72. The van der Waals surface area contributed by atoms with E-state index in [0.717, 1.165) is 12.1 Å². The number of carbonyl (C=O) groups excluding carboxylic acids is 1. The Morgan fingerprint density at radius 2 is 1.94 bits per heavy atom. The second-order valence-corrected chi connectivity index (χ2v) is 4.74. The zero-order valence-electron chi connectivity index (χ0n) is 11.4. The lowest BCUT2D eigenvalue weighted by Crippen LogP contribution is -2.39.